The Morgan fingerprint density at radius 3 is 2.25 bits per heavy atom. The lowest BCUT2D eigenvalue weighted by Gasteiger charge is -2.37. The van der Waals surface area contributed by atoms with E-state index in [0.29, 0.717) is 15.9 Å². The molecule has 5 nitrogen and oxygen atoms in total. The number of anilines is 2. The minimum atomic E-state index is -0.213. The van der Waals surface area contributed by atoms with Gasteiger partial charge in [-0.05, 0) is 30.3 Å². The second-order valence-electron chi connectivity index (χ2n) is 5.88. The number of para-hydroxylation sites is 1. The third-order valence-corrected chi connectivity index (χ3v) is 4.78. The average Bonchev–Trinajstić information content (AvgIpc) is 2.65. The molecule has 0 unspecified atom stereocenters. The molecule has 122 valence electrons. The Morgan fingerprint density at radius 1 is 0.875 bits per heavy atom. The summed E-state index contributed by atoms with van der Waals surface area (Å²) in [7, 11) is 0. The van der Waals surface area contributed by atoms with Crippen LogP contribution in [0.25, 0.3) is 10.8 Å². The predicted molar refractivity (Wildman–Crippen MR) is 98.2 cm³/mol. The summed E-state index contributed by atoms with van der Waals surface area (Å²) < 4.78 is 0. The molecule has 0 spiro atoms. The minimum absolute atomic E-state index is 0.213. The van der Waals surface area contributed by atoms with Gasteiger partial charge in [0, 0.05) is 42.9 Å². The largest absolute Gasteiger partial charge is 0.368 e. The van der Waals surface area contributed by atoms with Crippen LogP contribution in [-0.4, -0.2) is 36.4 Å². The summed E-state index contributed by atoms with van der Waals surface area (Å²) >= 11 is 6.14. The summed E-state index contributed by atoms with van der Waals surface area (Å²) in [6.07, 6.45) is 0. The quantitative estimate of drug-likeness (QED) is 0.779. The molecular formula is C18H17ClN4O. The number of hydrogen-bond acceptors (Lipinski definition) is 4. The number of benzene rings is 2. The SMILES string of the molecule is O=c1[nH]nc(Cl)c2cc(N3CCN(c4ccccc4)CC3)ccc12. The normalized spacial score (nSPS) is 15.0. The molecule has 4 rings (SSSR count). The summed E-state index contributed by atoms with van der Waals surface area (Å²) in [5, 5.41) is 7.85. The van der Waals surface area contributed by atoms with Crippen LogP contribution in [0.5, 0.6) is 0 Å². The highest BCUT2D eigenvalue weighted by Crippen LogP contribution is 2.26. The Kier molecular flexibility index (Phi) is 3.86. The van der Waals surface area contributed by atoms with E-state index >= 15 is 0 Å². The van der Waals surface area contributed by atoms with Crippen molar-refractivity contribution in [2.45, 2.75) is 0 Å². The molecule has 1 saturated heterocycles. The zero-order valence-corrected chi connectivity index (χ0v) is 13.8. The van der Waals surface area contributed by atoms with Crippen LogP contribution >= 0.6 is 11.6 Å². The van der Waals surface area contributed by atoms with Crippen LogP contribution in [0, 0.1) is 0 Å². The summed E-state index contributed by atoms with van der Waals surface area (Å²) in [6.45, 7) is 3.77. The number of H-pyrrole nitrogens is 1. The number of aromatic amines is 1. The number of fused-ring (bicyclic) bond motifs is 1. The van der Waals surface area contributed by atoms with Crippen molar-refractivity contribution in [1.82, 2.24) is 10.2 Å². The fourth-order valence-corrected chi connectivity index (χ4v) is 3.38. The second-order valence-corrected chi connectivity index (χ2v) is 6.24. The molecule has 1 aliphatic rings. The monoisotopic (exact) mass is 340 g/mol. The van der Waals surface area contributed by atoms with Gasteiger partial charge in [-0.3, -0.25) is 4.79 Å². The molecule has 0 amide bonds. The van der Waals surface area contributed by atoms with Gasteiger partial charge in [-0.25, -0.2) is 5.10 Å². The third kappa shape index (κ3) is 2.71. The van der Waals surface area contributed by atoms with E-state index in [1.807, 2.05) is 24.3 Å². The van der Waals surface area contributed by atoms with Crippen LogP contribution in [0.2, 0.25) is 5.15 Å². The Hall–Kier alpha value is -2.53. The van der Waals surface area contributed by atoms with Gasteiger partial charge in [0.05, 0.1) is 5.39 Å². The summed E-state index contributed by atoms with van der Waals surface area (Å²) in [4.78, 5) is 16.5. The van der Waals surface area contributed by atoms with Crippen LogP contribution in [0.1, 0.15) is 0 Å². The first kappa shape index (κ1) is 15.0. The van der Waals surface area contributed by atoms with Crippen molar-refractivity contribution >= 4 is 33.7 Å². The van der Waals surface area contributed by atoms with E-state index in [2.05, 4.69) is 44.3 Å². The topological polar surface area (TPSA) is 52.2 Å². The fraction of sp³-hybridized carbons (Fsp3) is 0.222. The Balaban J connectivity index is 1.57. The maximum Gasteiger partial charge on any atom is 0.272 e. The number of nitrogens with zero attached hydrogens (tertiary/aromatic N) is 3. The van der Waals surface area contributed by atoms with Crippen LogP contribution < -0.4 is 15.4 Å². The molecule has 0 aliphatic carbocycles. The molecule has 3 aromatic rings. The van der Waals surface area contributed by atoms with E-state index in [0.717, 1.165) is 31.9 Å². The van der Waals surface area contributed by atoms with Crippen molar-refractivity contribution in [1.29, 1.82) is 0 Å². The standard InChI is InChI=1S/C18H17ClN4O/c19-17-16-12-14(6-7-15(16)18(24)21-20-17)23-10-8-22(9-11-23)13-4-2-1-3-5-13/h1-7,12H,8-11H2,(H,21,24). The lowest BCUT2D eigenvalue weighted by Crippen LogP contribution is -2.46. The molecule has 0 atom stereocenters. The third-order valence-electron chi connectivity index (χ3n) is 4.49. The van der Waals surface area contributed by atoms with Crippen LogP contribution in [-0.2, 0) is 0 Å². The molecule has 1 aliphatic heterocycles. The van der Waals surface area contributed by atoms with Gasteiger partial charge >= 0.3 is 0 Å². The van der Waals surface area contributed by atoms with E-state index in [1.54, 1.807) is 0 Å². The number of aromatic nitrogens is 2. The molecule has 1 fully saturated rings. The van der Waals surface area contributed by atoms with Gasteiger partial charge in [-0.2, -0.15) is 5.10 Å². The minimum Gasteiger partial charge on any atom is -0.368 e. The van der Waals surface area contributed by atoms with E-state index in [-0.39, 0.29) is 5.56 Å². The first-order valence-electron chi connectivity index (χ1n) is 7.95. The highest BCUT2D eigenvalue weighted by Gasteiger charge is 2.18. The van der Waals surface area contributed by atoms with Gasteiger partial charge in [-0.1, -0.05) is 29.8 Å². The molecule has 1 aromatic heterocycles. The second kappa shape index (κ2) is 6.17. The summed E-state index contributed by atoms with van der Waals surface area (Å²) in [6, 6.07) is 16.2. The first-order valence-corrected chi connectivity index (χ1v) is 8.33. The maximum absolute atomic E-state index is 11.8. The molecule has 2 aromatic carbocycles. The highest BCUT2D eigenvalue weighted by atomic mass is 35.5. The Labute approximate surface area is 144 Å². The maximum atomic E-state index is 11.8. The number of halogens is 1. The molecule has 6 heteroatoms. The van der Waals surface area contributed by atoms with Crippen molar-refractivity contribution in [3.63, 3.8) is 0 Å². The zero-order chi connectivity index (χ0) is 16.5. The molecule has 0 saturated carbocycles. The number of rotatable bonds is 2. The van der Waals surface area contributed by atoms with Crippen LogP contribution in [0.3, 0.4) is 0 Å². The first-order chi connectivity index (χ1) is 11.7. The van der Waals surface area contributed by atoms with Gasteiger partial charge in [0.1, 0.15) is 0 Å². The van der Waals surface area contributed by atoms with Gasteiger partial charge in [0.2, 0.25) is 0 Å². The van der Waals surface area contributed by atoms with E-state index in [1.165, 1.54) is 5.69 Å². The van der Waals surface area contributed by atoms with Gasteiger partial charge in [0.15, 0.2) is 5.15 Å². The lowest BCUT2D eigenvalue weighted by molar-refractivity contribution is 0.654. The van der Waals surface area contributed by atoms with E-state index < -0.39 is 0 Å². The Bertz CT molecular complexity index is 917. The predicted octanol–water partition coefficient (Wildman–Crippen LogP) is 2.90. The van der Waals surface area contributed by atoms with Crippen LogP contribution in [0.4, 0.5) is 11.4 Å². The van der Waals surface area contributed by atoms with Crippen molar-refractivity contribution in [3.8, 4) is 0 Å². The average molecular weight is 341 g/mol. The van der Waals surface area contributed by atoms with E-state index in [9.17, 15) is 4.79 Å². The zero-order valence-electron chi connectivity index (χ0n) is 13.1. The summed E-state index contributed by atoms with van der Waals surface area (Å²) in [5.41, 5.74) is 2.12. The lowest BCUT2D eigenvalue weighted by atomic mass is 10.1. The van der Waals surface area contributed by atoms with Crippen molar-refractivity contribution in [3.05, 3.63) is 64.0 Å². The van der Waals surface area contributed by atoms with Gasteiger partial charge in [-0.15, -0.1) is 0 Å². The molecular weight excluding hydrogens is 324 g/mol. The van der Waals surface area contributed by atoms with E-state index in [4.69, 9.17) is 11.6 Å². The molecule has 1 N–H and O–H groups in total. The van der Waals surface area contributed by atoms with Crippen molar-refractivity contribution in [2.75, 3.05) is 36.0 Å². The molecule has 0 bridgehead atoms. The van der Waals surface area contributed by atoms with Crippen molar-refractivity contribution < 1.29 is 0 Å². The number of hydrogen-bond donors (Lipinski definition) is 1. The van der Waals surface area contributed by atoms with Crippen LogP contribution in [0.15, 0.2) is 53.3 Å². The number of piperazine rings is 1. The smallest absolute Gasteiger partial charge is 0.272 e. The highest BCUT2D eigenvalue weighted by molar-refractivity contribution is 6.34. The molecule has 24 heavy (non-hydrogen) atoms. The molecule has 0 radical (unpaired) electrons. The molecule has 2 heterocycles. The summed E-state index contributed by atoms with van der Waals surface area (Å²) in [5.74, 6) is 0. The van der Waals surface area contributed by atoms with Gasteiger partial charge < -0.3 is 9.80 Å². The Morgan fingerprint density at radius 2 is 1.54 bits per heavy atom. The van der Waals surface area contributed by atoms with Gasteiger partial charge in [0.25, 0.3) is 5.56 Å². The number of nitrogens with one attached hydrogen (secondary N) is 1. The fourth-order valence-electron chi connectivity index (χ4n) is 3.18. The van der Waals surface area contributed by atoms with Crippen molar-refractivity contribution in [2.24, 2.45) is 0 Å².